The van der Waals surface area contributed by atoms with E-state index < -0.39 is 0 Å². The van der Waals surface area contributed by atoms with Crippen LogP contribution < -0.4 is 21.3 Å². The molecule has 11 fully saturated rings. The largest absolute Gasteiger partial charge is 0.315 e. The van der Waals surface area contributed by atoms with Crippen LogP contribution in [0.5, 0.6) is 0 Å². The fourth-order valence-electron chi connectivity index (χ4n) is 17.4. The molecule has 4 N–H and O–H groups in total. The molecule has 0 amide bonds. The molecule has 0 aromatic carbocycles. The Balaban J connectivity index is 0.825. The van der Waals surface area contributed by atoms with Crippen LogP contribution in [-0.4, -0.2) is 96.4 Å². The summed E-state index contributed by atoms with van der Waals surface area (Å²) >= 11 is 0. The molecule has 6 nitrogen and oxygen atoms in total. The molecule has 18 unspecified atom stereocenters. The van der Waals surface area contributed by atoms with Gasteiger partial charge in [-0.15, -0.1) is 0 Å². The molecule has 5 saturated carbocycles. The van der Waals surface area contributed by atoms with Crippen molar-refractivity contribution < 1.29 is 0 Å². The fourth-order valence-corrected chi connectivity index (χ4v) is 17.4. The Hall–Kier alpha value is -0.240. The highest BCUT2D eigenvalue weighted by atomic mass is 15.3. The lowest BCUT2D eigenvalue weighted by Gasteiger charge is -2.50. The van der Waals surface area contributed by atoms with Gasteiger partial charge in [0.1, 0.15) is 0 Å². The minimum atomic E-state index is 0.746. The molecule has 5 aliphatic carbocycles. The van der Waals surface area contributed by atoms with Gasteiger partial charge in [-0.3, -0.25) is 9.80 Å². The molecule has 292 valence electrons. The van der Waals surface area contributed by atoms with E-state index >= 15 is 0 Å². The zero-order chi connectivity index (χ0) is 34.2. The second kappa shape index (κ2) is 14.9. The maximum Gasteiger partial charge on any atom is 0.0223 e. The number of hydrogen-bond acceptors (Lipinski definition) is 6. The van der Waals surface area contributed by atoms with Crippen LogP contribution in [0.2, 0.25) is 0 Å². The van der Waals surface area contributed by atoms with E-state index in [0.717, 1.165) is 108 Å². The Morgan fingerprint density at radius 3 is 1.33 bits per heavy atom. The molecular formula is C46H78N6. The van der Waals surface area contributed by atoms with E-state index in [-0.39, 0.29) is 0 Å². The molecule has 6 saturated heterocycles. The average Bonchev–Trinajstić information content (AvgIpc) is 3.73. The first kappa shape index (κ1) is 35.0. The monoisotopic (exact) mass is 715 g/mol. The minimum Gasteiger partial charge on any atom is -0.315 e. The normalized spacial score (nSPS) is 54.2. The van der Waals surface area contributed by atoms with Crippen molar-refractivity contribution in [2.45, 2.75) is 215 Å². The van der Waals surface area contributed by atoms with Crippen molar-refractivity contribution in [2.75, 3.05) is 26.2 Å². The summed E-state index contributed by atoms with van der Waals surface area (Å²) in [7, 11) is 0. The van der Waals surface area contributed by atoms with E-state index in [2.05, 4.69) is 31.1 Å². The predicted molar refractivity (Wildman–Crippen MR) is 212 cm³/mol. The molecule has 6 heteroatoms. The van der Waals surface area contributed by atoms with E-state index in [0.29, 0.717) is 0 Å². The van der Waals surface area contributed by atoms with Crippen molar-refractivity contribution in [2.24, 2.45) is 47.3 Å². The second-order valence-corrected chi connectivity index (χ2v) is 21.4. The van der Waals surface area contributed by atoms with Crippen molar-refractivity contribution in [3.05, 3.63) is 0 Å². The molecule has 0 radical (unpaired) electrons. The molecule has 11 rings (SSSR count). The zero-order valence-corrected chi connectivity index (χ0v) is 33.1. The molecule has 18 atom stereocenters. The van der Waals surface area contributed by atoms with E-state index in [4.69, 9.17) is 0 Å². The van der Waals surface area contributed by atoms with Gasteiger partial charge in [-0.2, -0.15) is 0 Å². The summed E-state index contributed by atoms with van der Waals surface area (Å²) < 4.78 is 0. The molecule has 6 aliphatic heterocycles. The van der Waals surface area contributed by atoms with Gasteiger partial charge in [0.25, 0.3) is 0 Å². The Labute approximate surface area is 318 Å². The highest BCUT2D eigenvalue weighted by molar-refractivity contribution is 5.16. The molecule has 0 bridgehead atoms. The summed E-state index contributed by atoms with van der Waals surface area (Å²) in [6.07, 6.45) is 36.0. The molecule has 11 aliphatic rings. The molecule has 0 aromatic rings. The van der Waals surface area contributed by atoms with Gasteiger partial charge in [-0.05, 0) is 176 Å². The van der Waals surface area contributed by atoms with E-state index in [1.54, 1.807) is 12.8 Å². The van der Waals surface area contributed by atoms with Crippen LogP contribution in [-0.2, 0) is 0 Å². The van der Waals surface area contributed by atoms with Gasteiger partial charge in [0.15, 0.2) is 0 Å². The maximum atomic E-state index is 4.29. The number of nitrogens with zero attached hydrogens (tertiary/aromatic N) is 2. The molecule has 52 heavy (non-hydrogen) atoms. The van der Waals surface area contributed by atoms with Gasteiger partial charge in [0.2, 0.25) is 0 Å². The third-order valence-electron chi connectivity index (χ3n) is 19.3. The van der Waals surface area contributed by atoms with Gasteiger partial charge >= 0.3 is 0 Å². The standard InChI is InChI=1S/C46H78N6/c1-3-13-41-35(11-1)45-43(51(41)33-9-5-7-31(25-33)37-17-15-29-21-23-47-27-39(29)49-37)19-20-44-46(45)36-12-2-4-14-42(36)52(44)34-10-6-8-32(26-34)38-18-16-30-22-24-48-28-40(30)50-38/h29-50H,1-28H2. The third kappa shape index (κ3) is 6.14. The summed E-state index contributed by atoms with van der Waals surface area (Å²) in [4.78, 5) is 6.76. The first-order chi connectivity index (χ1) is 25.8. The number of likely N-dealkylation sites (tertiary alicyclic amines) is 2. The topological polar surface area (TPSA) is 54.6 Å². The van der Waals surface area contributed by atoms with Crippen LogP contribution in [0.3, 0.4) is 0 Å². The number of piperidine rings is 4. The number of fused-ring (bicyclic) bond motifs is 9. The summed E-state index contributed by atoms with van der Waals surface area (Å²) in [5.41, 5.74) is 0. The first-order valence-corrected chi connectivity index (χ1v) is 24.3. The van der Waals surface area contributed by atoms with Crippen LogP contribution in [0, 0.1) is 47.3 Å². The lowest BCUT2D eigenvalue weighted by atomic mass is 9.61. The lowest BCUT2D eigenvalue weighted by Crippen LogP contribution is -2.59. The Morgan fingerprint density at radius 2 is 0.827 bits per heavy atom. The van der Waals surface area contributed by atoms with Crippen LogP contribution in [0.25, 0.3) is 0 Å². The molecule has 0 aromatic heterocycles. The third-order valence-corrected chi connectivity index (χ3v) is 19.3. The Kier molecular flexibility index (Phi) is 10.0. The van der Waals surface area contributed by atoms with E-state index in [1.165, 1.54) is 167 Å². The van der Waals surface area contributed by atoms with Crippen molar-refractivity contribution in [1.29, 1.82) is 0 Å². The summed E-state index contributed by atoms with van der Waals surface area (Å²) in [6.45, 7) is 4.93. The summed E-state index contributed by atoms with van der Waals surface area (Å²) in [5, 5.41) is 16.0. The minimum absolute atomic E-state index is 0.746. The van der Waals surface area contributed by atoms with Gasteiger partial charge in [0, 0.05) is 73.5 Å². The van der Waals surface area contributed by atoms with E-state index in [1.807, 2.05) is 0 Å². The van der Waals surface area contributed by atoms with Gasteiger partial charge < -0.3 is 21.3 Å². The van der Waals surface area contributed by atoms with Crippen molar-refractivity contribution >= 4 is 0 Å². The van der Waals surface area contributed by atoms with Crippen LogP contribution in [0.4, 0.5) is 0 Å². The quantitative estimate of drug-likeness (QED) is 0.250. The maximum absolute atomic E-state index is 4.29. The average molecular weight is 715 g/mol. The number of nitrogens with one attached hydrogen (secondary N) is 4. The fraction of sp³-hybridized carbons (Fsp3) is 1.00. The zero-order valence-electron chi connectivity index (χ0n) is 33.1. The van der Waals surface area contributed by atoms with Crippen molar-refractivity contribution in [1.82, 2.24) is 31.1 Å². The first-order valence-electron chi connectivity index (χ1n) is 24.3. The van der Waals surface area contributed by atoms with Gasteiger partial charge in [-0.25, -0.2) is 0 Å². The molecule has 0 spiro atoms. The smallest absolute Gasteiger partial charge is 0.0223 e. The van der Waals surface area contributed by atoms with Gasteiger partial charge in [0.05, 0.1) is 0 Å². The number of rotatable bonds is 4. The van der Waals surface area contributed by atoms with E-state index in [9.17, 15) is 0 Å². The lowest BCUT2D eigenvalue weighted by molar-refractivity contribution is 0.00434. The highest BCUT2D eigenvalue weighted by Crippen LogP contribution is 2.61. The Bertz CT molecular complexity index is 1140. The SMILES string of the molecule is C1CCC2C(C1)C1C3C4CCCCC4N(C4CCCC(C5CCC6CCNCC6N5)C4)C3CCC1N2C1CCCC(C2CCC3CCNCC3N2)C1. The van der Waals surface area contributed by atoms with Gasteiger partial charge in [-0.1, -0.05) is 38.5 Å². The number of hydrogen-bond donors (Lipinski definition) is 4. The van der Waals surface area contributed by atoms with Crippen molar-refractivity contribution in [3.8, 4) is 0 Å². The van der Waals surface area contributed by atoms with Crippen LogP contribution in [0.1, 0.15) is 154 Å². The van der Waals surface area contributed by atoms with Crippen LogP contribution in [0.15, 0.2) is 0 Å². The van der Waals surface area contributed by atoms with Crippen LogP contribution >= 0.6 is 0 Å². The summed E-state index contributed by atoms with van der Waals surface area (Å²) in [6, 6.07) is 8.48. The second-order valence-electron chi connectivity index (χ2n) is 21.4. The summed E-state index contributed by atoms with van der Waals surface area (Å²) in [5.74, 6) is 7.76. The molecule has 6 heterocycles. The highest BCUT2D eigenvalue weighted by Gasteiger charge is 2.63. The molecular weight excluding hydrogens is 637 g/mol. The predicted octanol–water partition coefficient (Wildman–Crippen LogP) is 7.08. The van der Waals surface area contributed by atoms with Crippen molar-refractivity contribution in [3.63, 3.8) is 0 Å². The Morgan fingerprint density at radius 1 is 0.346 bits per heavy atom.